The Labute approximate surface area is 160 Å². The molecular weight excluding hydrogens is 368 g/mol. The first kappa shape index (κ1) is 20.7. The van der Waals surface area contributed by atoms with Crippen LogP contribution in [0.3, 0.4) is 0 Å². The zero-order valence-corrected chi connectivity index (χ0v) is 15.7. The Morgan fingerprint density at radius 3 is 2.82 bits per heavy atom. The molecule has 0 unspecified atom stereocenters. The second-order valence-corrected chi connectivity index (χ2v) is 5.71. The summed E-state index contributed by atoms with van der Waals surface area (Å²) in [5.41, 5.74) is 1.58. The fourth-order valence-electron chi connectivity index (χ4n) is 2.08. The van der Waals surface area contributed by atoms with Crippen LogP contribution in [0.2, 0.25) is 0 Å². The van der Waals surface area contributed by atoms with E-state index in [0.29, 0.717) is 23.7 Å². The molecule has 11 heteroatoms. The summed E-state index contributed by atoms with van der Waals surface area (Å²) in [6.07, 6.45) is 2.33. The molecule has 0 aliphatic rings. The number of benzene rings is 1. The summed E-state index contributed by atoms with van der Waals surface area (Å²) in [5.74, 6) is 0.501. The average molecular weight is 390 g/mol. The van der Waals surface area contributed by atoms with Gasteiger partial charge in [-0.05, 0) is 37.1 Å². The highest BCUT2D eigenvalue weighted by Gasteiger charge is 2.14. The van der Waals surface area contributed by atoms with E-state index in [9.17, 15) is 14.4 Å². The van der Waals surface area contributed by atoms with Gasteiger partial charge in [0, 0.05) is 0 Å². The van der Waals surface area contributed by atoms with Gasteiger partial charge in [0.2, 0.25) is 5.82 Å². The number of H-pyrrole nitrogens is 2. The Kier molecular flexibility index (Phi) is 7.31. The maximum absolute atomic E-state index is 12.1. The second kappa shape index (κ2) is 9.90. The average Bonchev–Trinajstić information content (AvgIpc) is 2.68. The van der Waals surface area contributed by atoms with Gasteiger partial charge in [-0.15, -0.1) is 5.10 Å². The van der Waals surface area contributed by atoms with Crippen molar-refractivity contribution >= 4 is 17.9 Å². The monoisotopic (exact) mass is 390 g/mol. The molecule has 1 heterocycles. The van der Waals surface area contributed by atoms with E-state index in [-0.39, 0.29) is 5.82 Å². The smallest absolute Gasteiger partial charge is 0.342 e. The maximum Gasteiger partial charge on any atom is 0.342 e. The van der Waals surface area contributed by atoms with E-state index >= 15 is 0 Å². The normalized spacial score (nSPS) is 11.8. The Morgan fingerprint density at radius 2 is 2.14 bits per heavy atom. The van der Waals surface area contributed by atoms with Crippen molar-refractivity contribution in [3.8, 4) is 11.5 Å². The topological polar surface area (TPSA) is 151 Å². The minimum atomic E-state index is -0.823. The van der Waals surface area contributed by atoms with Crippen LogP contribution in [-0.2, 0) is 4.79 Å². The van der Waals surface area contributed by atoms with Crippen LogP contribution in [-0.4, -0.2) is 47.1 Å². The maximum atomic E-state index is 12.1. The molecule has 28 heavy (non-hydrogen) atoms. The first-order valence-electron chi connectivity index (χ1n) is 8.54. The van der Waals surface area contributed by atoms with Gasteiger partial charge in [0.05, 0.1) is 19.9 Å². The number of aromatic nitrogens is 3. The molecular formula is C17H22N6O5. The Hall–Kier alpha value is -3.63. The minimum absolute atomic E-state index is 0.182. The molecule has 0 aliphatic carbocycles. The molecule has 0 saturated carbocycles. The molecule has 1 atom stereocenters. The quantitative estimate of drug-likeness (QED) is 0.353. The van der Waals surface area contributed by atoms with Crippen molar-refractivity contribution in [3.05, 3.63) is 44.6 Å². The van der Waals surface area contributed by atoms with E-state index in [1.54, 1.807) is 18.2 Å². The predicted molar refractivity (Wildman–Crippen MR) is 103 cm³/mol. The van der Waals surface area contributed by atoms with Crippen LogP contribution in [0.15, 0.2) is 32.9 Å². The molecule has 0 radical (unpaired) electrons. The SMILES string of the molecule is CCCOc1ccc(C=NNC(=O)[C@H](C)Nc2n[nH]c(=O)[nH]c2=O)cc1OC. The lowest BCUT2D eigenvalue weighted by Gasteiger charge is -2.11. The molecule has 4 N–H and O–H groups in total. The molecule has 0 fully saturated rings. The number of ether oxygens (including phenoxy) is 2. The number of hydrogen-bond donors (Lipinski definition) is 4. The number of carbonyl (C=O) groups excluding carboxylic acids is 1. The highest BCUT2D eigenvalue weighted by atomic mass is 16.5. The van der Waals surface area contributed by atoms with Crippen LogP contribution < -0.4 is 31.5 Å². The minimum Gasteiger partial charge on any atom is -0.493 e. The van der Waals surface area contributed by atoms with Crippen LogP contribution in [0, 0.1) is 0 Å². The van der Waals surface area contributed by atoms with Gasteiger partial charge < -0.3 is 14.8 Å². The lowest BCUT2D eigenvalue weighted by molar-refractivity contribution is -0.121. The summed E-state index contributed by atoms with van der Waals surface area (Å²) in [5, 5.41) is 12.1. The Balaban J connectivity index is 1.96. The summed E-state index contributed by atoms with van der Waals surface area (Å²) < 4.78 is 10.9. The van der Waals surface area contributed by atoms with E-state index in [1.807, 2.05) is 11.9 Å². The summed E-state index contributed by atoms with van der Waals surface area (Å²) in [6, 6.07) is 4.44. The van der Waals surface area contributed by atoms with Crippen LogP contribution in [0.4, 0.5) is 5.82 Å². The van der Waals surface area contributed by atoms with Crippen molar-refractivity contribution in [2.24, 2.45) is 5.10 Å². The van der Waals surface area contributed by atoms with Crippen molar-refractivity contribution in [1.82, 2.24) is 20.6 Å². The molecule has 1 amide bonds. The highest BCUT2D eigenvalue weighted by Crippen LogP contribution is 2.27. The second-order valence-electron chi connectivity index (χ2n) is 5.71. The first-order valence-corrected chi connectivity index (χ1v) is 8.54. The third-order valence-electron chi connectivity index (χ3n) is 3.50. The van der Waals surface area contributed by atoms with Gasteiger partial charge in [-0.3, -0.25) is 14.6 Å². The summed E-state index contributed by atoms with van der Waals surface area (Å²) >= 11 is 0. The van der Waals surface area contributed by atoms with E-state index in [2.05, 4.69) is 26.0 Å². The molecule has 0 bridgehead atoms. The number of amides is 1. The van der Waals surface area contributed by atoms with Crippen molar-refractivity contribution in [2.45, 2.75) is 26.3 Å². The van der Waals surface area contributed by atoms with Crippen molar-refractivity contribution < 1.29 is 14.3 Å². The van der Waals surface area contributed by atoms with Gasteiger partial charge >= 0.3 is 5.69 Å². The Morgan fingerprint density at radius 1 is 1.36 bits per heavy atom. The zero-order chi connectivity index (χ0) is 20.5. The molecule has 11 nitrogen and oxygen atoms in total. The summed E-state index contributed by atoms with van der Waals surface area (Å²) in [6.45, 7) is 4.10. The summed E-state index contributed by atoms with van der Waals surface area (Å²) in [7, 11) is 1.54. The molecule has 0 aliphatic heterocycles. The van der Waals surface area contributed by atoms with Crippen LogP contribution in [0.5, 0.6) is 11.5 Å². The predicted octanol–water partition coefficient (Wildman–Crippen LogP) is 0.206. The molecule has 0 spiro atoms. The largest absolute Gasteiger partial charge is 0.493 e. The fraction of sp³-hybridized carbons (Fsp3) is 0.353. The first-order chi connectivity index (χ1) is 13.4. The standard InChI is InChI=1S/C17H22N6O5/c1-4-7-28-12-6-5-11(8-13(12)27-3)9-18-22-15(24)10(2)19-14-16(25)20-17(26)23-21-14/h5-6,8-10H,4,7H2,1-3H3,(H,19,21)(H,22,24)(H2,20,23,25,26)/t10-/m0/s1. The number of rotatable bonds is 9. The Bertz CT molecular complexity index is 952. The highest BCUT2D eigenvalue weighted by molar-refractivity contribution is 5.86. The van der Waals surface area contributed by atoms with Crippen LogP contribution >= 0.6 is 0 Å². The molecule has 2 aromatic rings. The van der Waals surface area contributed by atoms with Crippen molar-refractivity contribution in [2.75, 3.05) is 19.0 Å². The van der Waals surface area contributed by atoms with Gasteiger partial charge in [-0.1, -0.05) is 6.92 Å². The van der Waals surface area contributed by atoms with E-state index in [0.717, 1.165) is 6.42 Å². The zero-order valence-electron chi connectivity index (χ0n) is 15.7. The lowest BCUT2D eigenvalue weighted by Crippen LogP contribution is -2.38. The van der Waals surface area contributed by atoms with E-state index < -0.39 is 23.2 Å². The molecule has 0 saturated heterocycles. The van der Waals surface area contributed by atoms with Crippen LogP contribution in [0.1, 0.15) is 25.8 Å². The number of hydrogen-bond acceptors (Lipinski definition) is 8. The van der Waals surface area contributed by atoms with Gasteiger partial charge in [0.25, 0.3) is 11.5 Å². The number of anilines is 1. The van der Waals surface area contributed by atoms with E-state index in [1.165, 1.54) is 20.2 Å². The molecule has 2 rings (SSSR count). The van der Waals surface area contributed by atoms with Gasteiger partial charge in [-0.2, -0.15) is 5.10 Å². The number of nitrogens with zero attached hydrogens (tertiary/aromatic N) is 2. The number of carbonyl (C=O) groups is 1. The van der Waals surface area contributed by atoms with Crippen molar-refractivity contribution in [1.29, 1.82) is 0 Å². The van der Waals surface area contributed by atoms with Crippen LogP contribution in [0.25, 0.3) is 0 Å². The van der Waals surface area contributed by atoms with Crippen molar-refractivity contribution in [3.63, 3.8) is 0 Å². The van der Waals surface area contributed by atoms with Gasteiger partial charge in [0.15, 0.2) is 11.5 Å². The molecule has 150 valence electrons. The third kappa shape index (κ3) is 5.69. The fourth-order valence-corrected chi connectivity index (χ4v) is 2.08. The number of hydrazone groups is 1. The third-order valence-corrected chi connectivity index (χ3v) is 3.50. The number of aromatic amines is 2. The van der Waals surface area contributed by atoms with E-state index in [4.69, 9.17) is 9.47 Å². The molecule has 1 aromatic heterocycles. The molecule has 1 aromatic carbocycles. The van der Waals surface area contributed by atoms with Gasteiger partial charge in [-0.25, -0.2) is 15.3 Å². The van der Waals surface area contributed by atoms with Gasteiger partial charge in [0.1, 0.15) is 6.04 Å². The number of methoxy groups -OCH3 is 1. The number of nitrogens with one attached hydrogen (secondary N) is 4. The lowest BCUT2D eigenvalue weighted by atomic mass is 10.2. The summed E-state index contributed by atoms with van der Waals surface area (Å²) in [4.78, 5) is 36.6.